The Bertz CT molecular complexity index is 1920. The molecule has 0 saturated heterocycles. The molecule has 0 spiro atoms. The first-order chi connectivity index (χ1) is 22.3. The van der Waals surface area contributed by atoms with Crippen molar-refractivity contribution in [2.24, 2.45) is 0 Å². The number of aryl methyl sites for hydroxylation is 2. The van der Waals surface area contributed by atoms with Crippen LogP contribution >= 0.6 is 0 Å². The molecule has 0 radical (unpaired) electrons. The summed E-state index contributed by atoms with van der Waals surface area (Å²) in [4.78, 5) is 17.6. The molecule has 1 atom stereocenters. The van der Waals surface area contributed by atoms with Gasteiger partial charge in [-0.05, 0) is 98.7 Å². The minimum absolute atomic E-state index is 0.272. The van der Waals surface area contributed by atoms with E-state index in [2.05, 4.69) is 10.8 Å². The molecule has 47 heavy (non-hydrogen) atoms. The normalized spacial score (nSPS) is 14.0. The number of hydrogen-bond donors (Lipinski definition) is 1. The number of rotatable bonds is 8. The number of carboxylic acids is 1. The number of nitrogens with zero attached hydrogens (tertiary/aromatic N) is 2. The van der Waals surface area contributed by atoms with Crippen LogP contribution in [-0.4, -0.2) is 39.2 Å². The maximum Gasteiger partial charge on any atom is 0.573 e. The van der Waals surface area contributed by atoms with E-state index in [1.807, 2.05) is 80.9 Å². The van der Waals surface area contributed by atoms with Gasteiger partial charge in [-0.15, -0.1) is 13.2 Å². The second kappa shape index (κ2) is 12.4. The third kappa shape index (κ3) is 7.12. The van der Waals surface area contributed by atoms with Gasteiger partial charge in [-0.3, -0.25) is 0 Å². The van der Waals surface area contributed by atoms with Gasteiger partial charge in [-0.25, -0.2) is 9.78 Å². The number of halogens is 3. The molecule has 2 aromatic heterocycles. The number of aliphatic carboxylic acids is 1. The fourth-order valence-electron chi connectivity index (χ4n) is 6.04. The van der Waals surface area contributed by atoms with E-state index in [9.17, 15) is 23.1 Å². The number of aromatic nitrogens is 2. The van der Waals surface area contributed by atoms with Crippen LogP contribution in [-0.2, 0) is 22.5 Å². The van der Waals surface area contributed by atoms with Crippen LogP contribution in [0.3, 0.4) is 0 Å². The molecule has 6 rings (SSSR count). The first-order valence-electron chi connectivity index (χ1n) is 15.4. The average molecular weight is 645 g/mol. The number of hydrogen-bond acceptors (Lipinski definition) is 5. The quantitative estimate of drug-likeness (QED) is 0.182. The van der Waals surface area contributed by atoms with Gasteiger partial charge in [0, 0.05) is 34.9 Å². The minimum Gasteiger partial charge on any atom is -0.493 e. The SMILES string of the molecule is Cc1nc2c(ccn2Cc2ccc(-c3ccc(OC(F)(F)F)cc3)cc2)c(-c2ccc3c(c2)CCCO3)c1C(OC(C)(C)C)C(=O)O. The molecular formula is C37H35F3N2O5. The van der Waals surface area contributed by atoms with Crippen LogP contribution in [0.1, 0.15) is 55.7 Å². The molecule has 3 heterocycles. The fourth-order valence-corrected chi connectivity index (χ4v) is 6.04. The van der Waals surface area contributed by atoms with Crippen molar-refractivity contribution in [1.82, 2.24) is 9.55 Å². The van der Waals surface area contributed by atoms with Crippen molar-refractivity contribution in [3.8, 4) is 33.8 Å². The summed E-state index contributed by atoms with van der Waals surface area (Å²) < 4.78 is 55.6. The number of fused-ring (bicyclic) bond motifs is 2. The Balaban J connectivity index is 1.38. The van der Waals surface area contributed by atoms with Gasteiger partial charge in [0.05, 0.1) is 12.2 Å². The van der Waals surface area contributed by atoms with Crippen LogP contribution in [0.4, 0.5) is 13.2 Å². The van der Waals surface area contributed by atoms with Gasteiger partial charge in [0.15, 0.2) is 6.10 Å². The molecule has 0 amide bonds. The minimum atomic E-state index is -4.74. The molecule has 1 unspecified atom stereocenters. The smallest absolute Gasteiger partial charge is 0.493 e. The van der Waals surface area contributed by atoms with E-state index in [0.717, 1.165) is 57.4 Å². The van der Waals surface area contributed by atoms with Gasteiger partial charge in [-0.2, -0.15) is 0 Å². The van der Waals surface area contributed by atoms with Crippen LogP contribution in [0.25, 0.3) is 33.3 Å². The first-order valence-corrected chi connectivity index (χ1v) is 15.4. The zero-order valence-corrected chi connectivity index (χ0v) is 26.5. The van der Waals surface area contributed by atoms with Crippen molar-refractivity contribution in [3.05, 3.63) is 101 Å². The van der Waals surface area contributed by atoms with Crippen molar-refractivity contribution >= 4 is 17.0 Å². The Morgan fingerprint density at radius 2 is 1.64 bits per heavy atom. The Kier molecular flexibility index (Phi) is 8.48. The second-order valence-electron chi connectivity index (χ2n) is 12.7. The van der Waals surface area contributed by atoms with Gasteiger partial charge in [0.1, 0.15) is 17.1 Å². The molecule has 244 valence electrons. The molecule has 1 N–H and O–H groups in total. The van der Waals surface area contributed by atoms with Gasteiger partial charge in [0.2, 0.25) is 0 Å². The summed E-state index contributed by atoms with van der Waals surface area (Å²) >= 11 is 0. The molecule has 0 bridgehead atoms. The maximum atomic E-state index is 12.7. The first kappa shape index (κ1) is 32.1. The number of ether oxygens (including phenoxy) is 3. The highest BCUT2D eigenvalue weighted by molar-refractivity contribution is 5.98. The Morgan fingerprint density at radius 3 is 2.28 bits per heavy atom. The molecular weight excluding hydrogens is 609 g/mol. The summed E-state index contributed by atoms with van der Waals surface area (Å²) in [5, 5.41) is 11.2. The van der Waals surface area contributed by atoms with Gasteiger partial charge >= 0.3 is 12.3 Å². The summed E-state index contributed by atoms with van der Waals surface area (Å²) in [6.07, 6.45) is -2.25. The molecule has 7 nitrogen and oxygen atoms in total. The number of pyridine rings is 1. The number of carbonyl (C=O) groups is 1. The zero-order valence-electron chi connectivity index (χ0n) is 26.5. The fraction of sp³-hybridized carbons (Fsp3) is 0.297. The van der Waals surface area contributed by atoms with Crippen molar-refractivity contribution in [2.75, 3.05) is 6.61 Å². The summed E-state index contributed by atoms with van der Waals surface area (Å²) in [5.74, 6) is -0.518. The van der Waals surface area contributed by atoms with Crippen LogP contribution in [0.15, 0.2) is 79.0 Å². The highest BCUT2D eigenvalue weighted by Gasteiger charge is 2.33. The number of carboxylic acid groups (broad SMARTS) is 1. The maximum absolute atomic E-state index is 12.7. The van der Waals surface area contributed by atoms with Crippen molar-refractivity contribution < 1.29 is 37.3 Å². The Labute approximate surface area is 270 Å². The van der Waals surface area contributed by atoms with E-state index in [1.165, 1.54) is 12.1 Å². The number of alkyl halides is 3. The molecule has 1 aliphatic heterocycles. The molecule has 0 saturated carbocycles. The monoisotopic (exact) mass is 644 g/mol. The highest BCUT2D eigenvalue weighted by Crippen LogP contribution is 2.41. The summed E-state index contributed by atoms with van der Waals surface area (Å²) in [7, 11) is 0. The largest absolute Gasteiger partial charge is 0.573 e. The van der Waals surface area contributed by atoms with E-state index < -0.39 is 24.0 Å². The Hall–Kier alpha value is -4.83. The topological polar surface area (TPSA) is 82.8 Å². The van der Waals surface area contributed by atoms with E-state index >= 15 is 0 Å². The predicted octanol–water partition coefficient (Wildman–Crippen LogP) is 8.89. The van der Waals surface area contributed by atoms with Crippen LogP contribution in [0, 0.1) is 6.92 Å². The van der Waals surface area contributed by atoms with Gasteiger partial charge < -0.3 is 23.9 Å². The summed E-state index contributed by atoms with van der Waals surface area (Å²) in [6, 6.07) is 21.5. The van der Waals surface area contributed by atoms with Crippen LogP contribution in [0.2, 0.25) is 0 Å². The standard InChI is InChI=1S/C37H35F3N2O5/c1-22-31(33(35(43)44)47-36(2,3)4)32(27-13-16-30-26(20-27)6-5-19-45-30)29-17-18-42(34(29)41-22)21-23-7-9-24(10-8-23)25-11-14-28(15-12-25)46-37(38,39)40/h7-18,20,33H,5-6,19,21H2,1-4H3,(H,43,44). The van der Waals surface area contributed by atoms with E-state index in [-0.39, 0.29) is 5.75 Å². The lowest BCUT2D eigenvalue weighted by Gasteiger charge is -2.28. The molecule has 3 aromatic carbocycles. The second-order valence-corrected chi connectivity index (χ2v) is 12.7. The third-order valence-electron chi connectivity index (χ3n) is 8.02. The highest BCUT2D eigenvalue weighted by atomic mass is 19.4. The average Bonchev–Trinajstić information content (AvgIpc) is 3.40. The zero-order chi connectivity index (χ0) is 33.5. The van der Waals surface area contributed by atoms with Crippen molar-refractivity contribution in [2.45, 2.75) is 65.1 Å². The molecule has 10 heteroatoms. The number of benzene rings is 3. The molecule has 0 fully saturated rings. The summed E-state index contributed by atoms with van der Waals surface area (Å²) in [6.45, 7) is 8.48. The van der Waals surface area contributed by atoms with Gasteiger partial charge in [-0.1, -0.05) is 42.5 Å². The van der Waals surface area contributed by atoms with E-state index in [4.69, 9.17) is 14.5 Å². The van der Waals surface area contributed by atoms with Crippen molar-refractivity contribution in [1.29, 1.82) is 0 Å². The third-order valence-corrected chi connectivity index (χ3v) is 8.02. The van der Waals surface area contributed by atoms with E-state index in [0.29, 0.717) is 30.1 Å². The predicted molar refractivity (Wildman–Crippen MR) is 173 cm³/mol. The molecule has 5 aromatic rings. The molecule has 0 aliphatic carbocycles. The van der Waals surface area contributed by atoms with Crippen LogP contribution in [0.5, 0.6) is 11.5 Å². The summed E-state index contributed by atoms with van der Waals surface area (Å²) in [5.41, 5.74) is 6.38. The lowest BCUT2D eigenvalue weighted by atomic mass is 9.90. The Morgan fingerprint density at radius 1 is 0.979 bits per heavy atom. The van der Waals surface area contributed by atoms with Crippen LogP contribution < -0.4 is 9.47 Å². The molecule has 1 aliphatic rings. The van der Waals surface area contributed by atoms with Gasteiger partial charge in [0.25, 0.3) is 0 Å². The van der Waals surface area contributed by atoms with E-state index in [1.54, 1.807) is 12.1 Å². The van der Waals surface area contributed by atoms with Crippen molar-refractivity contribution in [3.63, 3.8) is 0 Å². The lowest BCUT2D eigenvalue weighted by Crippen LogP contribution is -2.28. The lowest BCUT2D eigenvalue weighted by molar-refractivity contribution is -0.274.